The van der Waals surface area contributed by atoms with Gasteiger partial charge in [0, 0.05) is 10.6 Å². The number of benzene rings is 3. The summed E-state index contributed by atoms with van der Waals surface area (Å²) >= 11 is 1.53. The van der Waals surface area contributed by atoms with E-state index in [0.717, 1.165) is 21.8 Å². The van der Waals surface area contributed by atoms with E-state index in [9.17, 15) is 10.2 Å². The molecule has 0 heterocycles. The number of thioether (sulfide) groups is 1. The molecule has 4 heteroatoms. The maximum absolute atomic E-state index is 10.1. The van der Waals surface area contributed by atoms with Gasteiger partial charge in [-0.1, -0.05) is 42.5 Å². The number of aromatic hydroxyl groups is 1. The van der Waals surface area contributed by atoms with Crippen molar-refractivity contribution >= 4 is 11.8 Å². The van der Waals surface area contributed by atoms with Crippen LogP contribution >= 0.6 is 11.8 Å². The van der Waals surface area contributed by atoms with E-state index in [1.807, 2.05) is 54.6 Å². The summed E-state index contributed by atoms with van der Waals surface area (Å²) in [5.74, 6) is 1.52. The number of rotatable bonds is 7. The zero-order valence-corrected chi connectivity index (χ0v) is 14.5. The van der Waals surface area contributed by atoms with Crippen LogP contribution in [0.2, 0.25) is 0 Å². The molecule has 3 rings (SSSR count). The third kappa shape index (κ3) is 5.28. The molecule has 3 aromatic rings. The minimum atomic E-state index is -0.570. The van der Waals surface area contributed by atoms with Gasteiger partial charge < -0.3 is 14.9 Å². The van der Waals surface area contributed by atoms with E-state index in [1.54, 1.807) is 12.1 Å². The number of aliphatic hydroxyl groups is 1. The van der Waals surface area contributed by atoms with Crippen molar-refractivity contribution in [2.24, 2.45) is 0 Å². The maximum atomic E-state index is 10.1. The summed E-state index contributed by atoms with van der Waals surface area (Å²) in [7, 11) is 0. The van der Waals surface area contributed by atoms with Crippen molar-refractivity contribution in [1.29, 1.82) is 0 Å². The standard InChI is InChI=1S/C21H20O3S/c22-18-9-11-21(12-10-18)25-15-19(23)14-24-20-8-4-7-17(13-20)16-5-2-1-3-6-16/h1-13,19,22-23H,14-15H2. The number of aliphatic hydroxyl groups excluding tert-OH is 1. The highest BCUT2D eigenvalue weighted by atomic mass is 32.2. The number of hydrogen-bond acceptors (Lipinski definition) is 4. The highest BCUT2D eigenvalue weighted by Gasteiger charge is 2.07. The van der Waals surface area contributed by atoms with Crippen LogP contribution in [0, 0.1) is 0 Å². The summed E-state index contributed by atoms with van der Waals surface area (Å²) < 4.78 is 5.73. The van der Waals surface area contributed by atoms with E-state index in [2.05, 4.69) is 12.1 Å². The lowest BCUT2D eigenvalue weighted by Gasteiger charge is -2.13. The van der Waals surface area contributed by atoms with Crippen LogP contribution in [0.5, 0.6) is 11.5 Å². The highest BCUT2D eigenvalue weighted by molar-refractivity contribution is 7.99. The van der Waals surface area contributed by atoms with Crippen molar-refractivity contribution < 1.29 is 14.9 Å². The molecule has 3 nitrogen and oxygen atoms in total. The van der Waals surface area contributed by atoms with Crippen LogP contribution in [-0.2, 0) is 0 Å². The van der Waals surface area contributed by atoms with Crippen molar-refractivity contribution in [3.8, 4) is 22.6 Å². The Bertz CT molecular complexity index is 788. The van der Waals surface area contributed by atoms with E-state index in [-0.39, 0.29) is 12.4 Å². The van der Waals surface area contributed by atoms with Crippen LogP contribution in [-0.4, -0.2) is 28.7 Å². The summed E-state index contributed by atoms with van der Waals surface area (Å²) in [5, 5.41) is 19.4. The second-order valence-corrected chi connectivity index (χ2v) is 6.76. The Morgan fingerprint density at radius 1 is 0.840 bits per heavy atom. The third-order valence-electron chi connectivity index (χ3n) is 3.66. The van der Waals surface area contributed by atoms with E-state index in [1.165, 1.54) is 11.8 Å². The van der Waals surface area contributed by atoms with Gasteiger partial charge in [0.2, 0.25) is 0 Å². The van der Waals surface area contributed by atoms with Gasteiger partial charge in [-0.25, -0.2) is 0 Å². The first kappa shape index (κ1) is 17.4. The first-order valence-electron chi connectivity index (χ1n) is 8.09. The molecule has 0 aliphatic heterocycles. The summed E-state index contributed by atoms with van der Waals surface area (Å²) in [6.07, 6.45) is -0.570. The normalized spacial score (nSPS) is 11.9. The largest absolute Gasteiger partial charge is 0.508 e. The molecule has 0 aliphatic carbocycles. The van der Waals surface area contributed by atoms with Crippen LogP contribution in [0.3, 0.4) is 0 Å². The summed E-state index contributed by atoms with van der Waals surface area (Å²) in [6.45, 7) is 0.239. The zero-order chi connectivity index (χ0) is 17.5. The average Bonchev–Trinajstić information content (AvgIpc) is 2.67. The molecule has 0 amide bonds. The number of phenols is 1. The molecule has 0 radical (unpaired) electrons. The van der Waals surface area contributed by atoms with Gasteiger partial charge in [0.15, 0.2) is 0 Å². The predicted octanol–water partition coefficient (Wildman–Crippen LogP) is 4.59. The Kier molecular flexibility index (Phi) is 5.99. The molecule has 0 fully saturated rings. The van der Waals surface area contributed by atoms with Crippen molar-refractivity contribution in [1.82, 2.24) is 0 Å². The van der Waals surface area contributed by atoms with Crippen molar-refractivity contribution in [3.63, 3.8) is 0 Å². The van der Waals surface area contributed by atoms with Crippen LogP contribution in [0.15, 0.2) is 83.8 Å². The van der Waals surface area contributed by atoms with Crippen LogP contribution in [0.4, 0.5) is 0 Å². The third-order valence-corrected chi connectivity index (χ3v) is 4.82. The lowest BCUT2D eigenvalue weighted by Crippen LogP contribution is -2.20. The van der Waals surface area contributed by atoms with E-state index < -0.39 is 6.10 Å². The van der Waals surface area contributed by atoms with E-state index >= 15 is 0 Å². The SMILES string of the molecule is Oc1ccc(SCC(O)COc2cccc(-c3ccccc3)c2)cc1. The summed E-state index contributed by atoms with van der Waals surface area (Å²) in [4.78, 5) is 1.00. The lowest BCUT2D eigenvalue weighted by atomic mass is 10.1. The summed E-state index contributed by atoms with van der Waals surface area (Å²) in [5.41, 5.74) is 2.22. The summed E-state index contributed by atoms with van der Waals surface area (Å²) in [6, 6.07) is 24.9. The average molecular weight is 352 g/mol. The fourth-order valence-electron chi connectivity index (χ4n) is 2.37. The molecule has 2 N–H and O–H groups in total. The molecule has 3 aromatic carbocycles. The van der Waals surface area contributed by atoms with Gasteiger partial charge >= 0.3 is 0 Å². The van der Waals surface area contributed by atoms with Crippen LogP contribution in [0.1, 0.15) is 0 Å². The molecule has 0 aromatic heterocycles. The highest BCUT2D eigenvalue weighted by Crippen LogP contribution is 2.24. The van der Waals surface area contributed by atoms with Gasteiger partial charge in [0.05, 0.1) is 6.10 Å². The molecular weight excluding hydrogens is 332 g/mol. The monoisotopic (exact) mass is 352 g/mol. The van der Waals surface area contributed by atoms with Gasteiger partial charge in [-0.3, -0.25) is 0 Å². The van der Waals surface area contributed by atoms with Crippen LogP contribution < -0.4 is 4.74 Å². The first-order valence-corrected chi connectivity index (χ1v) is 9.07. The fourth-order valence-corrected chi connectivity index (χ4v) is 3.18. The van der Waals surface area contributed by atoms with Gasteiger partial charge in [-0.05, 0) is 47.5 Å². The quantitative estimate of drug-likeness (QED) is 0.611. The Morgan fingerprint density at radius 2 is 1.56 bits per heavy atom. The van der Waals surface area contributed by atoms with E-state index in [0.29, 0.717) is 5.75 Å². The molecule has 0 saturated carbocycles. The molecule has 128 valence electrons. The molecule has 1 atom stereocenters. The Balaban J connectivity index is 1.52. The van der Waals surface area contributed by atoms with Gasteiger partial charge in [0.1, 0.15) is 18.1 Å². The van der Waals surface area contributed by atoms with Gasteiger partial charge in [-0.15, -0.1) is 11.8 Å². The molecule has 0 spiro atoms. The smallest absolute Gasteiger partial charge is 0.120 e. The molecule has 0 bridgehead atoms. The van der Waals surface area contributed by atoms with Crippen molar-refractivity contribution in [2.75, 3.05) is 12.4 Å². The number of hydrogen-bond donors (Lipinski definition) is 2. The van der Waals surface area contributed by atoms with Gasteiger partial charge in [0.25, 0.3) is 0 Å². The predicted molar refractivity (Wildman–Crippen MR) is 102 cm³/mol. The Hall–Kier alpha value is -2.43. The molecule has 0 saturated heterocycles. The fraction of sp³-hybridized carbons (Fsp3) is 0.143. The molecule has 25 heavy (non-hydrogen) atoms. The molecular formula is C21H20O3S. The Labute approximate surface area is 151 Å². The number of ether oxygens (including phenoxy) is 1. The minimum Gasteiger partial charge on any atom is -0.508 e. The maximum Gasteiger partial charge on any atom is 0.120 e. The zero-order valence-electron chi connectivity index (χ0n) is 13.7. The second-order valence-electron chi connectivity index (χ2n) is 5.66. The second kappa shape index (κ2) is 8.60. The first-order chi connectivity index (χ1) is 12.2. The Morgan fingerprint density at radius 3 is 2.32 bits per heavy atom. The lowest BCUT2D eigenvalue weighted by molar-refractivity contribution is 0.126. The topological polar surface area (TPSA) is 49.7 Å². The van der Waals surface area contributed by atoms with Crippen molar-refractivity contribution in [3.05, 3.63) is 78.9 Å². The number of phenolic OH excluding ortho intramolecular Hbond substituents is 1. The molecule has 0 aliphatic rings. The van der Waals surface area contributed by atoms with Gasteiger partial charge in [-0.2, -0.15) is 0 Å². The molecule has 1 unspecified atom stereocenters. The van der Waals surface area contributed by atoms with Crippen LogP contribution in [0.25, 0.3) is 11.1 Å². The van der Waals surface area contributed by atoms with E-state index in [4.69, 9.17) is 4.74 Å². The minimum absolute atomic E-state index is 0.239. The van der Waals surface area contributed by atoms with Crippen molar-refractivity contribution in [2.45, 2.75) is 11.0 Å².